The summed E-state index contributed by atoms with van der Waals surface area (Å²) in [5, 5.41) is 17.6. The molecule has 6 heteroatoms. The van der Waals surface area contributed by atoms with Gasteiger partial charge in [-0.3, -0.25) is 14.9 Å². The summed E-state index contributed by atoms with van der Waals surface area (Å²) in [4.78, 5) is 27.9. The van der Waals surface area contributed by atoms with Gasteiger partial charge in [-0.25, -0.2) is 0 Å². The summed E-state index contributed by atoms with van der Waals surface area (Å²) in [6.45, 7) is 5.84. The Morgan fingerprint density at radius 1 is 1.06 bits per heavy atom. The van der Waals surface area contributed by atoms with Crippen LogP contribution in [0.1, 0.15) is 37.8 Å². The Morgan fingerprint density at radius 2 is 1.75 bits per heavy atom. The minimum absolute atomic E-state index is 0.331. The first-order valence-corrected chi connectivity index (χ1v) is 11.2. The lowest BCUT2D eigenvalue weighted by Crippen LogP contribution is -2.34. The van der Waals surface area contributed by atoms with E-state index in [4.69, 9.17) is 0 Å². The van der Waals surface area contributed by atoms with E-state index < -0.39 is 17.6 Å². The zero-order valence-corrected chi connectivity index (χ0v) is 18.9. The molecule has 1 aliphatic heterocycles. The fourth-order valence-corrected chi connectivity index (χ4v) is 4.93. The minimum atomic E-state index is -1.15. The molecule has 0 radical (unpaired) electrons. The molecule has 2 aromatic rings. The van der Waals surface area contributed by atoms with Crippen molar-refractivity contribution in [2.24, 2.45) is 5.92 Å². The van der Waals surface area contributed by atoms with Gasteiger partial charge in [-0.05, 0) is 74.3 Å². The van der Waals surface area contributed by atoms with Gasteiger partial charge in [-0.2, -0.15) is 0 Å². The van der Waals surface area contributed by atoms with E-state index in [2.05, 4.69) is 29.5 Å². The van der Waals surface area contributed by atoms with E-state index in [9.17, 15) is 14.7 Å². The van der Waals surface area contributed by atoms with Gasteiger partial charge in [0.05, 0.1) is 5.92 Å². The Morgan fingerprint density at radius 3 is 2.47 bits per heavy atom. The Bertz CT molecular complexity index is 1050. The summed E-state index contributed by atoms with van der Waals surface area (Å²) < 4.78 is 0. The van der Waals surface area contributed by atoms with Crippen molar-refractivity contribution in [2.75, 3.05) is 25.5 Å². The van der Waals surface area contributed by atoms with E-state index in [1.807, 2.05) is 61.5 Å². The van der Waals surface area contributed by atoms with Crippen molar-refractivity contribution >= 4 is 23.1 Å². The number of benzene rings is 2. The predicted octanol–water partition coefficient (Wildman–Crippen LogP) is 3.15. The number of aliphatic hydroxyl groups is 1. The molecule has 0 bridgehead atoms. The number of rotatable bonds is 8. The molecule has 1 aliphatic carbocycles. The van der Waals surface area contributed by atoms with Gasteiger partial charge < -0.3 is 15.3 Å². The highest BCUT2D eigenvalue weighted by Gasteiger charge is 2.50. The number of amides is 2. The second-order valence-electron chi connectivity index (χ2n) is 8.76. The molecule has 0 spiro atoms. The molecule has 4 rings (SSSR count). The number of nitrogens with zero attached hydrogens (tertiary/aromatic N) is 1. The number of nitrogens with one attached hydrogen (secondary N) is 2. The van der Waals surface area contributed by atoms with Crippen LogP contribution in [0.25, 0.3) is 5.57 Å². The van der Waals surface area contributed by atoms with Crippen molar-refractivity contribution in [1.82, 2.24) is 10.2 Å². The summed E-state index contributed by atoms with van der Waals surface area (Å²) in [5.74, 6) is -1.39. The first kappa shape index (κ1) is 22.2. The Hall–Kier alpha value is -2.96. The summed E-state index contributed by atoms with van der Waals surface area (Å²) >= 11 is 0. The summed E-state index contributed by atoms with van der Waals surface area (Å²) in [6.07, 6.45) is 1.38. The van der Waals surface area contributed by atoms with Crippen LogP contribution < -0.4 is 10.6 Å². The van der Waals surface area contributed by atoms with Crippen LogP contribution in [-0.2, 0) is 15.2 Å². The molecule has 1 saturated heterocycles. The van der Waals surface area contributed by atoms with Crippen molar-refractivity contribution in [3.63, 3.8) is 0 Å². The van der Waals surface area contributed by atoms with Crippen LogP contribution in [0.3, 0.4) is 0 Å². The van der Waals surface area contributed by atoms with Crippen LogP contribution in [0.15, 0.2) is 60.2 Å². The average Bonchev–Trinajstić information content (AvgIpc) is 3.18. The standard InChI is InChI=1S/C26H31N3O3/c1-4-29(3)16-10-15-26(32)17(2)21(19-13-8-9-14-20(19)26)22-23(25(31)28-24(22)30)27-18-11-6-5-7-12-18/h5-9,11-14,22-23,27,32H,4,10,15-16H2,1-3H3,(H,28,30,31). The number of hydrogen-bond donors (Lipinski definition) is 3. The van der Waals surface area contributed by atoms with E-state index in [1.165, 1.54) is 0 Å². The number of hydrogen-bond acceptors (Lipinski definition) is 5. The van der Waals surface area contributed by atoms with Gasteiger partial charge >= 0.3 is 0 Å². The average molecular weight is 434 g/mol. The first-order valence-electron chi connectivity index (χ1n) is 11.2. The molecule has 0 saturated carbocycles. The van der Waals surface area contributed by atoms with Crippen molar-refractivity contribution in [2.45, 2.75) is 38.3 Å². The van der Waals surface area contributed by atoms with Gasteiger partial charge in [0.1, 0.15) is 11.6 Å². The predicted molar refractivity (Wildman–Crippen MR) is 126 cm³/mol. The molecule has 2 aromatic carbocycles. The van der Waals surface area contributed by atoms with Crippen LogP contribution in [0.4, 0.5) is 5.69 Å². The normalized spacial score (nSPS) is 24.8. The number of imide groups is 1. The van der Waals surface area contributed by atoms with Crippen LogP contribution in [0, 0.1) is 5.92 Å². The minimum Gasteiger partial charge on any atom is -0.381 e. The van der Waals surface area contributed by atoms with Crippen molar-refractivity contribution in [1.29, 1.82) is 0 Å². The second kappa shape index (κ2) is 8.88. The maximum atomic E-state index is 13.0. The smallest absolute Gasteiger partial charge is 0.250 e. The van der Waals surface area contributed by atoms with Crippen LogP contribution in [0.5, 0.6) is 0 Å². The molecular formula is C26H31N3O3. The highest BCUT2D eigenvalue weighted by Crippen LogP contribution is 2.51. The zero-order valence-electron chi connectivity index (χ0n) is 18.9. The molecule has 6 nitrogen and oxygen atoms in total. The summed E-state index contributed by atoms with van der Waals surface area (Å²) in [6, 6.07) is 16.4. The van der Waals surface area contributed by atoms with Crippen LogP contribution in [0.2, 0.25) is 0 Å². The summed E-state index contributed by atoms with van der Waals surface area (Å²) in [5.41, 5.74) is 2.80. The Kier molecular flexibility index (Phi) is 6.17. The van der Waals surface area contributed by atoms with E-state index in [-0.39, 0.29) is 11.8 Å². The lowest BCUT2D eigenvalue weighted by Gasteiger charge is -2.28. The maximum absolute atomic E-state index is 13.0. The maximum Gasteiger partial charge on any atom is 0.250 e. The number of para-hydroxylation sites is 1. The lowest BCUT2D eigenvalue weighted by atomic mass is 9.85. The van der Waals surface area contributed by atoms with Gasteiger partial charge in [0.15, 0.2) is 0 Å². The molecule has 2 aliphatic rings. The first-order chi connectivity index (χ1) is 15.4. The van der Waals surface area contributed by atoms with E-state index in [0.29, 0.717) is 6.42 Å². The third-order valence-electron chi connectivity index (χ3n) is 6.86. The van der Waals surface area contributed by atoms with E-state index >= 15 is 0 Å². The molecule has 168 valence electrons. The highest BCUT2D eigenvalue weighted by atomic mass is 16.3. The van der Waals surface area contributed by atoms with Crippen LogP contribution >= 0.6 is 0 Å². The van der Waals surface area contributed by atoms with Crippen molar-refractivity contribution < 1.29 is 14.7 Å². The second-order valence-corrected chi connectivity index (χ2v) is 8.76. The van der Waals surface area contributed by atoms with Crippen LogP contribution in [-0.4, -0.2) is 48.0 Å². The zero-order chi connectivity index (χ0) is 22.9. The molecular weight excluding hydrogens is 402 g/mol. The fraction of sp³-hybridized carbons (Fsp3) is 0.385. The number of fused-ring (bicyclic) bond motifs is 1. The topological polar surface area (TPSA) is 81.7 Å². The molecule has 0 aromatic heterocycles. The quantitative estimate of drug-likeness (QED) is 0.557. The lowest BCUT2D eigenvalue weighted by molar-refractivity contribution is -0.125. The Labute approximate surface area is 189 Å². The SMILES string of the molecule is CCN(C)CCCC1(O)C(C)=C(C2C(=O)NC(=O)C2Nc2ccccc2)c2ccccc21. The molecule has 2 amide bonds. The number of carbonyl (C=O) groups is 2. The van der Waals surface area contributed by atoms with Gasteiger partial charge in [0.2, 0.25) is 11.8 Å². The molecule has 3 N–H and O–H groups in total. The van der Waals surface area contributed by atoms with E-state index in [0.717, 1.165) is 47.5 Å². The number of anilines is 1. The monoisotopic (exact) mass is 433 g/mol. The molecule has 32 heavy (non-hydrogen) atoms. The van der Waals surface area contributed by atoms with Gasteiger partial charge in [-0.15, -0.1) is 0 Å². The van der Waals surface area contributed by atoms with Gasteiger partial charge in [0.25, 0.3) is 0 Å². The largest absolute Gasteiger partial charge is 0.381 e. The van der Waals surface area contributed by atoms with Crippen molar-refractivity contribution in [3.05, 3.63) is 71.3 Å². The fourth-order valence-electron chi connectivity index (χ4n) is 4.93. The van der Waals surface area contributed by atoms with Gasteiger partial charge in [-0.1, -0.05) is 49.4 Å². The highest BCUT2D eigenvalue weighted by molar-refractivity contribution is 6.14. The molecule has 3 atom stereocenters. The third-order valence-corrected chi connectivity index (χ3v) is 6.86. The molecule has 1 fully saturated rings. The Balaban J connectivity index is 1.72. The van der Waals surface area contributed by atoms with Crippen molar-refractivity contribution in [3.8, 4) is 0 Å². The van der Waals surface area contributed by atoms with Gasteiger partial charge in [0, 0.05) is 5.69 Å². The molecule has 1 heterocycles. The third kappa shape index (κ3) is 3.85. The molecule has 3 unspecified atom stereocenters. The number of carbonyl (C=O) groups excluding carboxylic acids is 2. The summed E-state index contributed by atoms with van der Waals surface area (Å²) in [7, 11) is 2.06. The van der Waals surface area contributed by atoms with E-state index in [1.54, 1.807) is 0 Å².